The fourth-order valence-electron chi connectivity index (χ4n) is 0.856. The maximum Gasteiger partial charge on any atom is 0.326 e. The second-order valence-electron chi connectivity index (χ2n) is 4.27. The molecule has 0 aliphatic carbocycles. The Morgan fingerprint density at radius 2 is 1.93 bits per heavy atom. The van der Waals surface area contributed by atoms with Gasteiger partial charge in [-0.25, -0.2) is 4.79 Å². The van der Waals surface area contributed by atoms with Crippen LogP contribution in [0.5, 0.6) is 0 Å². The minimum absolute atomic E-state index is 0.118. The van der Waals surface area contributed by atoms with E-state index in [0.717, 1.165) is 0 Å². The Labute approximate surface area is 89.8 Å². The quantitative estimate of drug-likeness (QED) is 0.713. The van der Waals surface area contributed by atoms with Gasteiger partial charge in [0.1, 0.15) is 12.6 Å². The van der Waals surface area contributed by atoms with Gasteiger partial charge in [-0.2, -0.15) is 0 Å². The molecule has 2 N–H and O–H groups in total. The normalized spacial score (nSPS) is 13.3. The monoisotopic (exact) mass is 217 g/mol. The summed E-state index contributed by atoms with van der Waals surface area (Å²) in [5.74, 6) is -1.43. The standard InChI is InChI=1S/C10H19NO4/c1-5-7(9(13)14)11-8(12)6-15-10(2,3)4/h7H,5-6H2,1-4H3,(H,11,12)(H,13,14)/t7-/m0/s1. The van der Waals surface area contributed by atoms with Crippen LogP contribution in [-0.2, 0) is 14.3 Å². The fourth-order valence-corrected chi connectivity index (χ4v) is 0.856. The molecular weight excluding hydrogens is 198 g/mol. The van der Waals surface area contributed by atoms with E-state index in [9.17, 15) is 9.59 Å². The van der Waals surface area contributed by atoms with Gasteiger partial charge in [0.05, 0.1) is 5.60 Å². The average molecular weight is 217 g/mol. The number of amides is 1. The van der Waals surface area contributed by atoms with Crippen molar-refractivity contribution in [3.63, 3.8) is 0 Å². The largest absolute Gasteiger partial charge is 0.480 e. The maximum atomic E-state index is 11.3. The molecule has 5 heteroatoms. The van der Waals surface area contributed by atoms with E-state index in [-0.39, 0.29) is 6.61 Å². The lowest BCUT2D eigenvalue weighted by atomic mass is 10.2. The van der Waals surface area contributed by atoms with Gasteiger partial charge in [0.15, 0.2) is 0 Å². The van der Waals surface area contributed by atoms with Gasteiger partial charge in [0.2, 0.25) is 5.91 Å². The van der Waals surface area contributed by atoms with Gasteiger partial charge in [-0.1, -0.05) is 6.92 Å². The molecule has 0 fully saturated rings. The summed E-state index contributed by atoms with van der Waals surface area (Å²) in [6, 6.07) is -0.832. The Morgan fingerprint density at radius 3 is 2.27 bits per heavy atom. The predicted molar refractivity (Wildman–Crippen MR) is 55.6 cm³/mol. The third-order valence-electron chi connectivity index (χ3n) is 1.68. The minimum atomic E-state index is -1.03. The summed E-state index contributed by atoms with van der Waals surface area (Å²) >= 11 is 0. The van der Waals surface area contributed by atoms with Crippen LogP contribution in [-0.4, -0.2) is 35.2 Å². The number of carboxylic acids is 1. The summed E-state index contributed by atoms with van der Waals surface area (Å²) in [6.07, 6.45) is 0.358. The summed E-state index contributed by atoms with van der Waals surface area (Å²) in [6.45, 7) is 7.06. The lowest BCUT2D eigenvalue weighted by Crippen LogP contribution is -2.43. The lowest BCUT2D eigenvalue weighted by molar-refractivity contribution is -0.143. The molecule has 88 valence electrons. The summed E-state index contributed by atoms with van der Waals surface area (Å²) in [5.41, 5.74) is -0.401. The number of carbonyl (C=O) groups excluding carboxylic acids is 1. The Hall–Kier alpha value is -1.10. The number of nitrogens with one attached hydrogen (secondary N) is 1. The number of hydrogen-bond acceptors (Lipinski definition) is 3. The lowest BCUT2D eigenvalue weighted by Gasteiger charge is -2.20. The van der Waals surface area contributed by atoms with Crippen LogP contribution in [0.4, 0.5) is 0 Å². The summed E-state index contributed by atoms with van der Waals surface area (Å²) in [7, 11) is 0. The first-order valence-electron chi connectivity index (χ1n) is 4.92. The van der Waals surface area contributed by atoms with Crippen LogP contribution in [0, 0.1) is 0 Å². The zero-order valence-corrected chi connectivity index (χ0v) is 9.66. The first-order valence-corrected chi connectivity index (χ1v) is 4.92. The molecule has 0 radical (unpaired) electrons. The maximum absolute atomic E-state index is 11.3. The summed E-state index contributed by atoms with van der Waals surface area (Å²) in [5, 5.41) is 11.1. The zero-order chi connectivity index (χ0) is 12.1. The first-order chi connectivity index (χ1) is 6.76. The molecule has 0 aromatic heterocycles. The molecule has 15 heavy (non-hydrogen) atoms. The number of carboxylic acid groups (broad SMARTS) is 1. The highest BCUT2D eigenvalue weighted by Crippen LogP contribution is 2.05. The van der Waals surface area contributed by atoms with Crippen molar-refractivity contribution in [3.8, 4) is 0 Å². The van der Waals surface area contributed by atoms with Crippen LogP contribution in [0.1, 0.15) is 34.1 Å². The van der Waals surface area contributed by atoms with E-state index >= 15 is 0 Å². The number of aliphatic carboxylic acids is 1. The van der Waals surface area contributed by atoms with E-state index in [1.807, 2.05) is 20.8 Å². The zero-order valence-electron chi connectivity index (χ0n) is 9.66. The van der Waals surface area contributed by atoms with E-state index in [0.29, 0.717) is 6.42 Å². The van der Waals surface area contributed by atoms with Gasteiger partial charge in [-0.3, -0.25) is 4.79 Å². The number of hydrogen-bond donors (Lipinski definition) is 2. The molecule has 5 nitrogen and oxygen atoms in total. The minimum Gasteiger partial charge on any atom is -0.480 e. The molecule has 0 aromatic carbocycles. The highest BCUT2D eigenvalue weighted by atomic mass is 16.5. The second kappa shape index (κ2) is 5.70. The first kappa shape index (κ1) is 13.9. The van der Waals surface area contributed by atoms with Gasteiger partial charge < -0.3 is 15.2 Å². The topological polar surface area (TPSA) is 75.6 Å². The molecule has 0 rings (SSSR count). The molecule has 0 aliphatic rings. The number of carbonyl (C=O) groups is 2. The fraction of sp³-hybridized carbons (Fsp3) is 0.800. The van der Waals surface area contributed by atoms with Crippen molar-refractivity contribution < 1.29 is 19.4 Å². The molecular formula is C10H19NO4. The Morgan fingerprint density at radius 1 is 1.40 bits per heavy atom. The van der Waals surface area contributed by atoms with E-state index in [4.69, 9.17) is 9.84 Å². The Bertz CT molecular complexity index is 232. The van der Waals surface area contributed by atoms with E-state index < -0.39 is 23.5 Å². The van der Waals surface area contributed by atoms with E-state index in [2.05, 4.69) is 5.32 Å². The molecule has 0 aromatic rings. The van der Waals surface area contributed by atoms with Gasteiger partial charge in [0, 0.05) is 0 Å². The highest BCUT2D eigenvalue weighted by Gasteiger charge is 2.19. The smallest absolute Gasteiger partial charge is 0.326 e. The van der Waals surface area contributed by atoms with E-state index in [1.54, 1.807) is 6.92 Å². The number of rotatable bonds is 5. The molecule has 0 spiro atoms. The summed E-state index contributed by atoms with van der Waals surface area (Å²) < 4.78 is 5.21. The summed E-state index contributed by atoms with van der Waals surface area (Å²) in [4.78, 5) is 21.9. The average Bonchev–Trinajstić information content (AvgIpc) is 2.09. The van der Waals surface area contributed by atoms with Crippen LogP contribution < -0.4 is 5.32 Å². The molecule has 0 bridgehead atoms. The molecule has 0 aliphatic heterocycles. The second-order valence-corrected chi connectivity index (χ2v) is 4.27. The van der Waals surface area contributed by atoms with Crippen molar-refractivity contribution in [2.45, 2.75) is 45.8 Å². The Kier molecular flexibility index (Phi) is 5.28. The Balaban J connectivity index is 3.98. The third kappa shape index (κ3) is 6.90. The SMILES string of the molecule is CC[C@H](NC(=O)COC(C)(C)C)C(=O)O. The van der Waals surface area contributed by atoms with Gasteiger partial charge in [0.25, 0.3) is 0 Å². The number of ether oxygens (including phenoxy) is 1. The third-order valence-corrected chi connectivity index (χ3v) is 1.68. The van der Waals surface area contributed by atoms with E-state index in [1.165, 1.54) is 0 Å². The van der Waals surface area contributed by atoms with Gasteiger partial charge >= 0.3 is 5.97 Å². The molecule has 0 saturated carbocycles. The van der Waals surface area contributed by atoms with Crippen molar-refractivity contribution in [1.82, 2.24) is 5.32 Å². The van der Waals surface area contributed by atoms with Crippen molar-refractivity contribution in [1.29, 1.82) is 0 Å². The molecule has 0 saturated heterocycles. The van der Waals surface area contributed by atoms with Crippen LogP contribution in [0.3, 0.4) is 0 Å². The van der Waals surface area contributed by atoms with Gasteiger partial charge in [-0.05, 0) is 27.2 Å². The highest BCUT2D eigenvalue weighted by molar-refractivity contribution is 5.84. The molecule has 0 heterocycles. The molecule has 0 unspecified atom stereocenters. The molecule has 1 amide bonds. The van der Waals surface area contributed by atoms with Crippen molar-refractivity contribution >= 4 is 11.9 Å². The van der Waals surface area contributed by atoms with Crippen LogP contribution in [0.15, 0.2) is 0 Å². The van der Waals surface area contributed by atoms with Gasteiger partial charge in [-0.15, -0.1) is 0 Å². The van der Waals surface area contributed by atoms with Crippen LogP contribution in [0.25, 0.3) is 0 Å². The van der Waals surface area contributed by atoms with Crippen molar-refractivity contribution in [2.24, 2.45) is 0 Å². The van der Waals surface area contributed by atoms with Crippen molar-refractivity contribution in [2.75, 3.05) is 6.61 Å². The van der Waals surface area contributed by atoms with Crippen molar-refractivity contribution in [3.05, 3.63) is 0 Å². The predicted octanol–water partition coefficient (Wildman–Crippen LogP) is 0.781. The van der Waals surface area contributed by atoms with Crippen LogP contribution in [0.2, 0.25) is 0 Å². The van der Waals surface area contributed by atoms with Crippen LogP contribution >= 0.6 is 0 Å². The molecule has 1 atom stereocenters.